The lowest BCUT2D eigenvalue weighted by Gasteiger charge is -2.47. The van der Waals surface area contributed by atoms with Gasteiger partial charge >= 0.3 is 0 Å². The molecule has 1 saturated carbocycles. The lowest BCUT2D eigenvalue weighted by atomic mass is 9.66. The maximum absolute atomic E-state index is 13.5. The average molecular weight is 368 g/mol. The van der Waals surface area contributed by atoms with E-state index in [0.717, 1.165) is 39.0 Å². The van der Waals surface area contributed by atoms with Gasteiger partial charge in [-0.1, -0.05) is 55.3 Å². The minimum Gasteiger partial charge on any atom is -0.375 e. The molecule has 2 fully saturated rings. The predicted molar refractivity (Wildman–Crippen MR) is 107 cm³/mol. The quantitative estimate of drug-likeness (QED) is 0.693. The molecule has 144 valence electrons. The van der Waals surface area contributed by atoms with Crippen molar-refractivity contribution >= 4 is 0 Å². The number of nitrogens with one attached hydrogen (secondary N) is 1. The number of hydrogen-bond acceptors (Lipinski definition) is 2. The zero-order chi connectivity index (χ0) is 18.6. The molecule has 1 aliphatic heterocycles. The summed E-state index contributed by atoms with van der Waals surface area (Å²) in [7, 11) is 0. The predicted octanol–water partition coefficient (Wildman–Crippen LogP) is 5.37. The van der Waals surface area contributed by atoms with Crippen molar-refractivity contribution in [1.29, 1.82) is 0 Å². The van der Waals surface area contributed by atoms with Crippen molar-refractivity contribution in [3.63, 3.8) is 0 Å². The van der Waals surface area contributed by atoms with Crippen LogP contribution in [0.3, 0.4) is 0 Å². The number of rotatable bonds is 6. The molecule has 1 heterocycles. The molecule has 2 aromatic carbocycles. The third kappa shape index (κ3) is 4.25. The number of halogens is 1. The van der Waals surface area contributed by atoms with E-state index in [1.165, 1.54) is 36.8 Å². The minimum atomic E-state index is -0.154. The van der Waals surface area contributed by atoms with Crippen molar-refractivity contribution in [1.82, 2.24) is 5.32 Å². The van der Waals surface area contributed by atoms with Crippen molar-refractivity contribution in [2.24, 2.45) is 0 Å². The van der Waals surface area contributed by atoms with Gasteiger partial charge in [0, 0.05) is 18.6 Å². The molecule has 3 heteroatoms. The summed E-state index contributed by atoms with van der Waals surface area (Å²) in [6.07, 6.45) is 8.04. The molecule has 2 aromatic rings. The van der Waals surface area contributed by atoms with E-state index in [2.05, 4.69) is 35.6 Å². The van der Waals surface area contributed by atoms with E-state index < -0.39 is 0 Å². The minimum absolute atomic E-state index is 0.0477. The van der Waals surface area contributed by atoms with E-state index in [-0.39, 0.29) is 16.8 Å². The monoisotopic (exact) mass is 367 g/mol. The molecular formula is C24H30FNO. The lowest BCUT2D eigenvalue weighted by molar-refractivity contribution is -0.103. The highest BCUT2D eigenvalue weighted by atomic mass is 19.1. The number of hydrogen-bond donors (Lipinski definition) is 1. The standard InChI is InChI=1S/C24H30FNO/c25-22-10-8-21(9-11-22)23(14-16-26-18-20-6-2-1-3-7-20)15-17-27-24(19-23)12-4-5-13-24/h1-3,6-11,26H,4-5,12-19H2/t23-/m0/s1. The summed E-state index contributed by atoms with van der Waals surface area (Å²) >= 11 is 0. The van der Waals surface area contributed by atoms with Crippen molar-refractivity contribution in [3.8, 4) is 0 Å². The van der Waals surface area contributed by atoms with Crippen LogP contribution in [0.25, 0.3) is 0 Å². The Bertz CT molecular complexity index is 724. The van der Waals surface area contributed by atoms with Gasteiger partial charge in [0.2, 0.25) is 0 Å². The van der Waals surface area contributed by atoms with Gasteiger partial charge in [-0.25, -0.2) is 4.39 Å². The first-order chi connectivity index (χ1) is 13.2. The third-order valence-electron chi connectivity index (χ3n) is 6.57. The molecule has 4 rings (SSSR count). The Hall–Kier alpha value is -1.71. The van der Waals surface area contributed by atoms with Gasteiger partial charge in [0.25, 0.3) is 0 Å². The Morgan fingerprint density at radius 1 is 0.926 bits per heavy atom. The van der Waals surface area contributed by atoms with Crippen LogP contribution in [-0.2, 0) is 16.7 Å². The van der Waals surface area contributed by atoms with Crippen LogP contribution < -0.4 is 5.32 Å². The molecule has 1 spiro atoms. The summed E-state index contributed by atoms with van der Waals surface area (Å²) in [4.78, 5) is 0. The maximum Gasteiger partial charge on any atom is 0.123 e. The summed E-state index contributed by atoms with van der Waals surface area (Å²) in [5, 5.41) is 3.62. The Balaban J connectivity index is 1.48. The molecule has 0 amide bonds. The van der Waals surface area contributed by atoms with Gasteiger partial charge in [0.05, 0.1) is 5.60 Å². The molecule has 0 unspecified atom stereocenters. The van der Waals surface area contributed by atoms with Crippen LogP contribution in [0.15, 0.2) is 54.6 Å². The molecule has 1 N–H and O–H groups in total. The smallest absolute Gasteiger partial charge is 0.123 e. The molecule has 0 radical (unpaired) electrons. The van der Waals surface area contributed by atoms with Crippen LogP contribution in [0.4, 0.5) is 4.39 Å². The van der Waals surface area contributed by atoms with Crippen molar-refractivity contribution in [3.05, 3.63) is 71.5 Å². The fourth-order valence-electron chi connectivity index (χ4n) is 5.12. The van der Waals surface area contributed by atoms with Gasteiger partial charge in [-0.15, -0.1) is 0 Å². The van der Waals surface area contributed by atoms with Crippen LogP contribution in [0, 0.1) is 5.82 Å². The van der Waals surface area contributed by atoms with Gasteiger partial charge in [-0.3, -0.25) is 0 Å². The lowest BCUT2D eigenvalue weighted by Crippen LogP contribution is -2.47. The van der Waals surface area contributed by atoms with E-state index in [1.54, 1.807) is 12.1 Å². The highest BCUT2D eigenvalue weighted by Crippen LogP contribution is 2.50. The zero-order valence-electron chi connectivity index (χ0n) is 16.1. The van der Waals surface area contributed by atoms with Crippen molar-refractivity contribution in [2.75, 3.05) is 13.2 Å². The fraction of sp³-hybridized carbons (Fsp3) is 0.500. The van der Waals surface area contributed by atoms with Crippen LogP contribution >= 0.6 is 0 Å². The highest BCUT2D eigenvalue weighted by molar-refractivity contribution is 5.28. The summed E-state index contributed by atoms with van der Waals surface area (Å²) in [6.45, 7) is 2.67. The molecule has 1 saturated heterocycles. The first kappa shape index (κ1) is 18.6. The van der Waals surface area contributed by atoms with E-state index in [4.69, 9.17) is 4.74 Å². The van der Waals surface area contributed by atoms with Crippen LogP contribution in [-0.4, -0.2) is 18.8 Å². The molecule has 1 atom stereocenters. The first-order valence-corrected chi connectivity index (χ1v) is 10.3. The SMILES string of the molecule is Fc1ccc([C@@]2(CCNCc3ccccc3)CCOC3(CCCC3)C2)cc1. The molecule has 1 aliphatic carbocycles. The zero-order valence-corrected chi connectivity index (χ0v) is 16.1. The topological polar surface area (TPSA) is 21.3 Å². The molecular weight excluding hydrogens is 337 g/mol. The average Bonchev–Trinajstić information content (AvgIpc) is 3.14. The largest absolute Gasteiger partial charge is 0.375 e. The molecule has 0 aromatic heterocycles. The van der Waals surface area contributed by atoms with Crippen LogP contribution in [0.1, 0.15) is 56.1 Å². The van der Waals surface area contributed by atoms with Gasteiger partial charge in [-0.05, 0) is 61.9 Å². The molecule has 0 bridgehead atoms. The first-order valence-electron chi connectivity index (χ1n) is 10.3. The van der Waals surface area contributed by atoms with E-state index in [1.807, 2.05) is 12.1 Å². The van der Waals surface area contributed by atoms with Crippen LogP contribution in [0.2, 0.25) is 0 Å². The van der Waals surface area contributed by atoms with Crippen molar-refractivity contribution in [2.45, 2.75) is 62.5 Å². The Morgan fingerprint density at radius 3 is 2.41 bits per heavy atom. The van der Waals surface area contributed by atoms with E-state index in [0.29, 0.717) is 0 Å². The van der Waals surface area contributed by atoms with Gasteiger partial charge in [0.1, 0.15) is 5.82 Å². The summed E-state index contributed by atoms with van der Waals surface area (Å²) in [6, 6.07) is 17.8. The fourth-order valence-corrected chi connectivity index (χ4v) is 5.12. The van der Waals surface area contributed by atoms with Crippen LogP contribution in [0.5, 0.6) is 0 Å². The third-order valence-corrected chi connectivity index (χ3v) is 6.57. The van der Waals surface area contributed by atoms with Gasteiger partial charge < -0.3 is 10.1 Å². The number of ether oxygens (including phenoxy) is 1. The maximum atomic E-state index is 13.5. The second-order valence-corrected chi connectivity index (χ2v) is 8.36. The van der Waals surface area contributed by atoms with Gasteiger partial charge in [-0.2, -0.15) is 0 Å². The van der Waals surface area contributed by atoms with Gasteiger partial charge in [0.15, 0.2) is 0 Å². The second-order valence-electron chi connectivity index (χ2n) is 8.36. The Labute approximate surface area is 162 Å². The van der Waals surface area contributed by atoms with E-state index in [9.17, 15) is 4.39 Å². The molecule has 2 nitrogen and oxygen atoms in total. The number of benzene rings is 2. The van der Waals surface area contributed by atoms with Crippen molar-refractivity contribution < 1.29 is 9.13 Å². The van der Waals surface area contributed by atoms with E-state index >= 15 is 0 Å². The highest BCUT2D eigenvalue weighted by Gasteiger charge is 2.47. The summed E-state index contributed by atoms with van der Waals surface area (Å²) in [5.41, 5.74) is 2.72. The summed E-state index contributed by atoms with van der Waals surface area (Å²) in [5.74, 6) is -0.154. The Kier molecular flexibility index (Phi) is 5.60. The normalized spacial score (nSPS) is 24.3. The summed E-state index contributed by atoms with van der Waals surface area (Å²) < 4.78 is 19.8. The Morgan fingerprint density at radius 2 is 1.67 bits per heavy atom. The molecule has 2 aliphatic rings. The second kappa shape index (κ2) is 8.12. The molecule has 27 heavy (non-hydrogen) atoms.